The Balaban J connectivity index is 3.32. The van der Waals surface area contributed by atoms with Crippen molar-refractivity contribution in [3.05, 3.63) is 0 Å². The number of hydrogen-bond acceptors (Lipinski definition) is 4. The average Bonchev–Trinajstić information content (AvgIpc) is 2.25. The fourth-order valence-electron chi connectivity index (χ4n) is 1.32. The third-order valence-corrected chi connectivity index (χ3v) is 2.08. The van der Waals surface area contributed by atoms with Crippen LogP contribution in [-0.2, 0) is 9.47 Å². The number of amides is 2. The molecule has 0 unspecified atom stereocenters. The summed E-state index contributed by atoms with van der Waals surface area (Å²) in [6.07, 6.45) is 1.67. The quantitative estimate of drug-likeness (QED) is 0.666. The van der Waals surface area contributed by atoms with Gasteiger partial charge < -0.3 is 20.1 Å². The highest BCUT2D eigenvalue weighted by atomic mass is 16.6. The summed E-state index contributed by atoms with van der Waals surface area (Å²) in [5, 5.41) is 5.33. The van der Waals surface area contributed by atoms with Crippen molar-refractivity contribution in [2.45, 2.75) is 59.2 Å². The van der Waals surface area contributed by atoms with Crippen molar-refractivity contribution in [1.82, 2.24) is 10.6 Å². The van der Waals surface area contributed by atoms with E-state index in [1.54, 1.807) is 0 Å². The number of carbonyl (C=O) groups excluding carboxylic acids is 2. The number of unbranched alkanes of at least 4 members (excludes halogenated alkanes) is 2. The molecule has 0 saturated heterocycles. The summed E-state index contributed by atoms with van der Waals surface area (Å²) in [4.78, 5) is 22.3. The molecular weight excluding hydrogens is 248 g/mol. The zero-order valence-corrected chi connectivity index (χ0v) is 12.3. The highest BCUT2D eigenvalue weighted by Crippen LogP contribution is 1.95. The zero-order valence-electron chi connectivity index (χ0n) is 12.3. The van der Waals surface area contributed by atoms with Crippen molar-refractivity contribution in [2.75, 3.05) is 13.1 Å². The summed E-state index contributed by atoms with van der Waals surface area (Å²) < 4.78 is 9.85. The van der Waals surface area contributed by atoms with Gasteiger partial charge in [-0.2, -0.15) is 0 Å². The largest absolute Gasteiger partial charge is 0.447 e. The number of rotatable bonds is 8. The van der Waals surface area contributed by atoms with E-state index in [4.69, 9.17) is 9.47 Å². The highest BCUT2D eigenvalue weighted by Gasteiger charge is 2.04. The maximum Gasteiger partial charge on any atom is 0.407 e. The molecule has 6 nitrogen and oxygen atoms in total. The summed E-state index contributed by atoms with van der Waals surface area (Å²) in [7, 11) is 0. The Morgan fingerprint density at radius 2 is 1.16 bits per heavy atom. The van der Waals surface area contributed by atoms with Gasteiger partial charge in [-0.1, -0.05) is 0 Å². The van der Waals surface area contributed by atoms with Crippen LogP contribution < -0.4 is 10.6 Å². The predicted octanol–water partition coefficient (Wildman–Crippen LogP) is 2.43. The minimum absolute atomic E-state index is 0.101. The summed E-state index contributed by atoms with van der Waals surface area (Å²) in [6.45, 7) is 8.40. The van der Waals surface area contributed by atoms with Gasteiger partial charge in [0.1, 0.15) is 0 Å². The van der Waals surface area contributed by atoms with Crippen molar-refractivity contribution < 1.29 is 19.1 Å². The van der Waals surface area contributed by atoms with E-state index in [9.17, 15) is 9.59 Å². The van der Waals surface area contributed by atoms with E-state index >= 15 is 0 Å². The van der Waals surface area contributed by atoms with Crippen LogP contribution in [0.15, 0.2) is 0 Å². The predicted molar refractivity (Wildman–Crippen MR) is 73.1 cm³/mol. The summed E-state index contributed by atoms with van der Waals surface area (Å²) in [6, 6.07) is 0. The molecule has 0 spiro atoms. The molecule has 19 heavy (non-hydrogen) atoms. The van der Waals surface area contributed by atoms with Gasteiger partial charge in [0, 0.05) is 13.1 Å². The first-order valence-electron chi connectivity index (χ1n) is 6.80. The SMILES string of the molecule is CC(C)OC(=O)NCCCCCNC(=O)OC(C)C. The number of ether oxygens (including phenoxy) is 2. The van der Waals surface area contributed by atoms with Crippen LogP contribution in [-0.4, -0.2) is 37.5 Å². The molecule has 0 heterocycles. The van der Waals surface area contributed by atoms with Gasteiger partial charge in [-0.15, -0.1) is 0 Å². The normalized spacial score (nSPS) is 10.4. The molecule has 112 valence electrons. The van der Waals surface area contributed by atoms with Gasteiger partial charge in [0.15, 0.2) is 0 Å². The molecule has 6 heteroatoms. The standard InChI is InChI=1S/C13H26N2O4/c1-10(2)18-12(16)14-8-6-5-7-9-15-13(17)19-11(3)4/h10-11H,5-9H2,1-4H3,(H,14,16)(H,15,17). The van der Waals surface area contributed by atoms with E-state index in [1.165, 1.54) is 0 Å². The van der Waals surface area contributed by atoms with Crippen LogP contribution in [0, 0.1) is 0 Å². The molecule has 0 radical (unpaired) electrons. The Labute approximate surface area is 115 Å². The second-order valence-corrected chi connectivity index (χ2v) is 4.82. The lowest BCUT2D eigenvalue weighted by Gasteiger charge is -2.10. The molecule has 0 saturated carbocycles. The maximum absolute atomic E-state index is 11.1. The Morgan fingerprint density at radius 3 is 1.47 bits per heavy atom. The highest BCUT2D eigenvalue weighted by molar-refractivity contribution is 5.67. The minimum atomic E-state index is -0.381. The van der Waals surface area contributed by atoms with Gasteiger partial charge >= 0.3 is 12.2 Å². The first kappa shape index (κ1) is 17.5. The van der Waals surface area contributed by atoms with Crippen LogP contribution in [0.25, 0.3) is 0 Å². The van der Waals surface area contributed by atoms with Crippen molar-refractivity contribution >= 4 is 12.2 Å². The third-order valence-electron chi connectivity index (χ3n) is 2.08. The molecule has 2 amide bonds. The summed E-state index contributed by atoms with van der Waals surface area (Å²) in [5.74, 6) is 0. The Morgan fingerprint density at radius 1 is 0.789 bits per heavy atom. The molecule has 0 aliphatic rings. The van der Waals surface area contributed by atoms with E-state index in [1.807, 2.05) is 27.7 Å². The molecule has 0 atom stereocenters. The van der Waals surface area contributed by atoms with E-state index in [0.29, 0.717) is 13.1 Å². The minimum Gasteiger partial charge on any atom is -0.447 e. The van der Waals surface area contributed by atoms with Gasteiger partial charge in [0.25, 0.3) is 0 Å². The fourth-order valence-corrected chi connectivity index (χ4v) is 1.32. The van der Waals surface area contributed by atoms with Crippen LogP contribution in [0.1, 0.15) is 47.0 Å². The van der Waals surface area contributed by atoms with Crippen molar-refractivity contribution in [3.63, 3.8) is 0 Å². The lowest BCUT2D eigenvalue weighted by atomic mass is 10.2. The van der Waals surface area contributed by atoms with Crippen molar-refractivity contribution in [2.24, 2.45) is 0 Å². The molecule has 0 rings (SSSR count). The Bertz CT molecular complexity index is 241. The number of alkyl carbamates (subject to hydrolysis) is 2. The lowest BCUT2D eigenvalue weighted by molar-refractivity contribution is 0.115. The second kappa shape index (κ2) is 10.5. The molecule has 0 bridgehead atoms. The van der Waals surface area contributed by atoms with E-state index in [-0.39, 0.29) is 24.4 Å². The molecular formula is C13H26N2O4. The van der Waals surface area contributed by atoms with Crippen LogP contribution in [0.5, 0.6) is 0 Å². The number of nitrogens with one attached hydrogen (secondary N) is 2. The average molecular weight is 274 g/mol. The van der Waals surface area contributed by atoms with Gasteiger partial charge in [-0.05, 0) is 47.0 Å². The molecule has 0 aliphatic heterocycles. The zero-order chi connectivity index (χ0) is 14.7. The van der Waals surface area contributed by atoms with Crippen LogP contribution in [0.2, 0.25) is 0 Å². The maximum atomic E-state index is 11.1. The van der Waals surface area contributed by atoms with Gasteiger partial charge in [0.05, 0.1) is 12.2 Å². The van der Waals surface area contributed by atoms with Crippen LogP contribution >= 0.6 is 0 Å². The third kappa shape index (κ3) is 12.8. The Kier molecular flexibility index (Phi) is 9.66. The first-order chi connectivity index (χ1) is 8.91. The van der Waals surface area contributed by atoms with Crippen LogP contribution in [0.3, 0.4) is 0 Å². The summed E-state index contributed by atoms with van der Waals surface area (Å²) in [5.41, 5.74) is 0. The van der Waals surface area contributed by atoms with E-state index < -0.39 is 0 Å². The van der Waals surface area contributed by atoms with Crippen molar-refractivity contribution in [1.29, 1.82) is 0 Å². The topological polar surface area (TPSA) is 76.7 Å². The number of carbonyl (C=O) groups is 2. The molecule has 0 aromatic carbocycles. The van der Waals surface area contributed by atoms with E-state index in [0.717, 1.165) is 19.3 Å². The monoisotopic (exact) mass is 274 g/mol. The Hall–Kier alpha value is -1.46. The van der Waals surface area contributed by atoms with Gasteiger partial charge in [-0.3, -0.25) is 0 Å². The second-order valence-electron chi connectivity index (χ2n) is 4.82. The van der Waals surface area contributed by atoms with E-state index in [2.05, 4.69) is 10.6 Å². The smallest absolute Gasteiger partial charge is 0.407 e. The number of hydrogen-bond donors (Lipinski definition) is 2. The van der Waals surface area contributed by atoms with Crippen molar-refractivity contribution in [3.8, 4) is 0 Å². The molecule has 0 aromatic rings. The molecule has 0 aromatic heterocycles. The molecule has 0 aliphatic carbocycles. The fraction of sp³-hybridized carbons (Fsp3) is 0.846. The molecule has 0 fully saturated rings. The molecule has 2 N–H and O–H groups in total. The summed E-state index contributed by atoms with van der Waals surface area (Å²) >= 11 is 0. The lowest BCUT2D eigenvalue weighted by Crippen LogP contribution is -2.28. The first-order valence-corrected chi connectivity index (χ1v) is 6.80. The van der Waals surface area contributed by atoms with Gasteiger partial charge in [0.2, 0.25) is 0 Å². The van der Waals surface area contributed by atoms with Crippen LogP contribution in [0.4, 0.5) is 9.59 Å². The van der Waals surface area contributed by atoms with Gasteiger partial charge in [-0.25, -0.2) is 9.59 Å².